The Bertz CT molecular complexity index is 739. The van der Waals surface area contributed by atoms with Gasteiger partial charge in [0.25, 0.3) is 0 Å². The van der Waals surface area contributed by atoms with Gasteiger partial charge in [-0.3, -0.25) is 4.90 Å². The second-order valence-corrected chi connectivity index (χ2v) is 7.67. The highest BCUT2D eigenvalue weighted by molar-refractivity contribution is 5.79. The van der Waals surface area contributed by atoms with Crippen LogP contribution in [0.2, 0.25) is 0 Å². The van der Waals surface area contributed by atoms with E-state index in [1.165, 1.54) is 37.1 Å². The average Bonchev–Trinajstić information content (AvgIpc) is 3.27. The summed E-state index contributed by atoms with van der Waals surface area (Å²) in [6, 6.07) is 18.9. The van der Waals surface area contributed by atoms with Gasteiger partial charge < -0.3 is 15.7 Å². The van der Waals surface area contributed by atoms with E-state index < -0.39 is 0 Å². The molecule has 3 rings (SSSR count). The van der Waals surface area contributed by atoms with E-state index >= 15 is 0 Å². The minimum atomic E-state index is 0.0462. The number of rotatable bonds is 9. The Morgan fingerprint density at radius 3 is 2.34 bits per heavy atom. The predicted octanol–water partition coefficient (Wildman–Crippen LogP) is 3.11. The maximum absolute atomic E-state index is 9.75. The van der Waals surface area contributed by atoms with Gasteiger partial charge in [0.1, 0.15) is 0 Å². The van der Waals surface area contributed by atoms with Gasteiger partial charge in [0.2, 0.25) is 0 Å². The summed E-state index contributed by atoms with van der Waals surface area (Å²) in [5.41, 5.74) is 3.71. The van der Waals surface area contributed by atoms with Crippen molar-refractivity contribution in [1.29, 1.82) is 0 Å². The molecule has 0 spiro atoms. The molecular weight excluding hydrogens is 360 g/mol. The number of nitrogens with one attached hydrogen (secondary N) is 2. The summed E-state index contributed by atoms with van der Waals surface area (Å²) in [4.78, 5) is 7.24. The van der Waals surface area contributed by atoms with Crippen molar-refractivity contribution < 1.29 is 5.11 Å². The van der Waals surface area contributed by atoms with Gasteiger partial charge in [0.15, 0.2) is 5.96 Å². The largest absolute Gasteiger partial charge is 0.396 e. The van der Waals surface area contributed by atoms with Gasteiger partial charge >= 0.3 is 0 Å². The molecule has 0 bridgehead atoms. The zero-order valence-electron chi connectivity index (χ0n) is 17.5. The molecule has 2 aromatic rings. The standard InChI is InChI=1S/C24H34N4O/c1-2-25-24(27-17-23(19-29)22-8-4-3-5-9-22)26-16-20-10-12-21(13-11-20)18-28-14-6-7-15-28/h3-5,8-13,23,29H,2,6-7,14-19H2,1H3,(H2,25,26,27). The number of hydrogen-bond donors (Lipinski definition) is 3. The molecule has 0 aliphatic carbocycles. The molecular formula is C24H34N4O. The number of aliphatic imine (C=N–C) groups is 1. The molecule has 0 radical (unpaired) electrons. The smallest absolute Gasteiger partial charge is 0.191 e. The molecule has 3 N–H and O–H groups in total. The third kappa shape index (κ3) is 6.87. The summed E-state index contributed by atoms with van der Waals surface area (Å²) in [7, 11) is 0. The fourth-order valence-corrected chi connectivity index (χ4v) is 3.69. The number of aliphatic hydroxyl groups is 1. The van der Waals surface area contributed by atoms with Gasteiger partial charge in [0.05, 0.1) is 13.2 Å². The maximum Gasteiger partial charge on any atom is 0.191 e. The van der Waals surface area contributed by atoms with Crippen molar-refractivity contribution in [2.75, 3.05) is 32.8 Å². The summed E-state index contributed by atoms with van der Waals surface area (Å²) in [6.45, 7) is 7.74. The molecule has 2 aromatic carbocycles. The Balaban J connectivity index is 1.54. The summed E-state index contributed by atoms with van der Waals surface area (Å²) in [6.07, 6.45) is 2.66. The van der Waals surface area contributed by atoms with Gasteiger partial charge in [-0.25, -0.2) is 4.99 Å². The molecule has 0 aromatic heterocycles. The number of hydrogen-bond acceptors (Lipinski definition) is 3. The molecule has 5 nitrogen and oxygen atoms in total. The van der Waals surface area contributed by atoms with Crippen LogP contribution in [0.15, 0.2) is 59.6 Å². The van der Waals surface area contributed by atoms with Crippen LogP contribution in [0.4, 0.5) is 0 Å². The van der Waals surface area contributed by atoms with Crippen LogP contribution in [0.3, 0.4) is 0 Å². The van der Waals surface area contributed by atoms with Crippen molar-refractivity contribution in [3.8, 4) is 0 Å². The summed E-state index contributed by atoms with van der Waals surface area (Å²) in [5, 5.41) is 16.4. The number of aliphatic hydroxyl groups excluding tert-OH is 1. The van der Waals surface area contributed by atoms with Crippen LogP contribution >= 0.6 is 0 Å². The van der Waals surface area contributed by atoms with Crippen LogP contribution in [0.25, 0.3) is 0 Å². The van der Waals surface area contributed by atoms with E-state index in [9.17, 15) is 5.11 Å². The zero-order valence-corrected chi connectivity index (χ0v) is 17.5. The highest BCUT2D eigenvalue weighted by Crippen LogP contribution is 2.15. The van der Waals surface area contributed by atoms with E-state index in [0.29, 0.717) is 13.1 Å². The molecule has 29 heavy (non-hydrogen) atoms. The van der Waals surface area contributed by atoms with E-state index in [1.807, 2.05) is 18.2 Å². The molecule has 5 heteroatoms. The maximum atomic E-state index is 9.75. The first-order chi connectivity index (χ1) is 14.3. The second-order valence-electron chi connectivity index (χ2n) is 7.67. The molecule has 1 saturated heterocycles. The van der Waals surface area contributed by atoms with Crippen LogP contribution in [-0.2, 0) is 13.1 Å². The third-order valence-electron chi connectivity index (χ3n) is 5.40. The predicted molar refractivity (Wildman–Crippen MR) is 120 cm³/mol. The Labute approximate surface area is 174 Å². The van der Waals surface area contributed by atoms with Crippen LogP contribution < -0.4 is 10.6 Å². The lowest BCUT2D eigenvalue weighted by Gasteiger charge is -2.18. The molecule has 156 valence electrons. The number of guanidine groups is 1. The molecule has 0 saturated carbocycles. The highest BCUT2D eigenvalue weighted by atomic mass is 16.3. The van der Waals surface area contributed by atoms with Crippen molar-refractivity contribution in [2.24, 2.45) is 4.99 Å². The highest BCUT2D eigenvalue weighted by Gasteiger charge is 2.12. The van der Waals surface area contributed by atoms with Crippen LogP contribution in [0.5, 0.6) is 0 Å². The number of nitrogens with zero attached hydrogens (tertiary/aromatic N) is 2. The Kier molecular flexibility index (Phi) is 8.53. The zero-order chi connectivity index (χ0) is 20.3. The van der Waals surface area contributed by atoms with E-state index in [4.69, 9.17) is 4.99 Å². The first kappa shape index (κ1) is 21.3. The third-order valence-corrected chi connectivity index (χ3v) is 5.40. The lowest BCUT2D eigenvalue weighted by molar-refractivity contribution is 0.265. The summed E-state index contributed by atoms with van der Waals surface area (Å²) in [5.74, 6) is 0.827. The first-order valence-corrected chi connectivity index (χ1v) is 10.8. The first-order valence-electron chi connectivity index (χ1n) is 10.8. The minimum Gasteiger partial charge on any atom is -0.396 e. The second kappa shape index (κ2) is 11.6. The fraction of sp³-hybridized carbons (Fsp3) is 0.458. The van der Waals surface area contributed by atoms with E-state index in [2.05, 4.69) is 58.9 Å². The van der Waals surface area contributed by atoms with Gasteiger partial charge in [-0.05, 0) is 49.5 Å². The quantitative estimate of drug-likeness (QED) is 0.452. The van der Waals surface area contributed by atoms with Crippen molar-refractivity contribution in [2.45, 2.75) is 38.8 Å². The van der Waals surface area contributed by atoms with E-state index in [0.717, 1.165) is 24.6 Å². The molecule has 1 unspecified atom stereocenters. The monoisotopic (exact) mass is 394 g/mol. The van der Waals surface area contributed by atoms with Gasteiger partial charge in [0, 0.05) is 25.6 Å². The molecule has 1 atom stereocenters. The molecule has 1 fully saturated rings. The normalized spacial score (nSPS) is 16.0. The molecule has 1 aliphatic heterocycles. The lowest BCUT2D eigenvalue weighted by Crippen LogP contribution is -2.39. The van der Waals surface area contributed by atoms with Gasteiger partial charge in [-0.2, -0.15) is 0 Å². The number of benzene rings is 2. The summed E-state index contributed by atoms with van der Waals surface area (Å²) >= 11 is 0. The SMILES string of the molecule is CCNC(=NCc1ccc(CN2CCCC2)cc1)NCC(CO)c1ccccc1. The van der Waals surface area contributed by atoms with E-state index in [-0.39, 0.29) is 12.5 Å². The Morgan fingerprint density at radius 1 is 1.00 bits per heavy atom. The summed E-state index contributed by atoms with van der Waals surface area (Å²) < 4.78 is 0. The van der Waals surface area contributed by atoms with Crippen molar-refractivity contribution in [1.82, 2.24) is 15.5 Å². The number of likely N-dealkylation sites (tertiary alicyclic amines) is 1. The Morgan fingerprint density at radius 2 is 1.69 bits per heavy atom. The van der Waals surface area contributed by atoms with Gasteiger partial charge in [-0.1, -0.05) is 54.6 Å². The van der Waals surface area contributed by atoms with Gasteiger partial charge in [-0.15, -0.1) is 0 Å². The Hall–Kier alpha value is -2.37. The molecule has 1 heterocycles. The average molecular weight is 395 g/mol. The molecule has 0 amide bonds. The van der Waals surface area contributed by atoms with Crippen molar-refractivity contribution in [3.05, 3.63) is 71.3 Å². The van der Waals surface area contributed by atoms with Crippen molar-refractivity contribution >= 4 is 5.96 Å². The lowest BCUT2D eigenvalue weighted by atomic mass is 10.0. The minimum absolute atomic E-state index is 0.0462. The fourth-order valence-electron chi connectivity index (χ4n) is 3.69. The molecule has 1 aliphatic rings. The van der Waals surface area contributed by atoms with E-state index in [1.54, 1.807) is 0 Å². The topological polar surface area (TPSA) is 59.9 Å². The van der Waals surface area contributed by atoms with Crippen LogP contribution in [0.1, 0.15) is 42.4 Å². The van der Waals surface area contributed by atoms with Crippen LogP contribution in [0, 0.1) is 0 Å². The van der Waals surface area contributed by atoms with Crippen LogP contribution in [-0.4, -0.2) is 48.8 Å². The van der Waals surface area contributed by atoms with Crippen molar-refractivity contribution in [3.63, 3.8) is 0 Å².